The SMILES string of the molecule is CC1(NC(=O)c2nn(-c3c[n+]([O-])ccn3)c3c2C[C@@H]2C[C@H]32)COC1. The number of nitrogens with zero attached hydrogens (tertiary/aromatic N) is 4. The van der Waals surface area contributed by atoms with Crippen molar-refractivity contribution in [2.24, 2.45) is 5.92 Å². The van der Waals surface area contributed by atoms with Crippen LogP contribution in [-0.4, -0.2) is 39.4 Å². The van der Waals surface area contributed by atoms with Gasteiger partial charge in [-0.3, -0.25) is 4.79 Å². The molecular weight excluding hydrogens is 310 g/mol. The number of carbonyl (C=O) groups is 1. The fraction of sp³-hybridized carbons (Fsp3) is 0.500. The van der Waals surface area contributed by atoms with E-state index in [1.54, 1.807) is 4.68 Å². The summed E-state index contributed by atoms with van der Waals surface area (Å²) in [5.74, 6) is 1.30. The Balaban J connectivity index is 1.56. The molecule has 0 spiro atoms. The molecule has 3 heterocycles. The molecule has 1 saturated heterocycles. The van der Waals surface area contributed by atoms with Gasteiger partial charge in [-0.25, -0.2) is 9.67 Å². The Hall–Kier alpha value is -2.48. The zero-order valence-corrected chi connectivity index (χ0v) is 13.2. The number of fused-ring (bicyclic) bond motifs is 3. The Morgan fingerprint density at radius 2 is 2.38 bits per heavy atom. The normalized spacial score (nSPS) is 25.5. The van der Waals surface area contributed by atoms with Gasteiger partial charge in [0.25, 0.3) is 5.91 Å². The van der Waals surface area contributed by atoms with Crippen molar-refractivity contribution in [2.45, 2.75) is 31.2 Å². The number of rotatable bonds is 3. The molecule has 24 heavy (non-hydrogen) atoms. The van der Waals surface area contributed by atoms with E-state index in [4.69, 9.17) is 4.74 Å². The van der Waals surface area contributed by atoms with Crippen molar-refractivity contribution in [1.82, 2.24) is 20.1 Å². The smallest absolute Gasteiger partial charge is 0.272 e. The van der Waals surface area contributed by atoms with Crippen molar-refractivity contribution in [3.05, 3.63) is 40.7 Å². The summed E-state index contributed by atoms with van der Waals surface area (Å²) in [6.45, 7) is 2.99. The zero-order chi connectivity index (χ0) is 16.5. The van der Waals surface area contributed by atoms with Crippen LogP contribution in [0.4, 0.5) is 0 Å². The molecule has 8 heteroatoms. The molecule has 1 amide bonds. The maximum absolute atomic E-state index is 12.7. The third kappa shape index (κ3) is 1.96. The molecule has 1 saturated carbocycles. The van der Waals surface area contributed by atoms with E-state index in [-0.39, 0.29) is 11.4 Å². The summed E-state index contributed by atoms with van der Waals surface area (Å²) in [5, 5.41) is 19.1. The van der Waals surface area contributed by atoms with Crippen molar-refractivity contribution in [3.8, 4) is 5.82 Å². The topological polar surface area (TPSA) is 96.0 Å². The highest BCUT2D eigenvalue weighted by Gasteiger charge is 2.50. The fourth-order valence-electron chi connectivity index (χ4n) is 3.76. The standard InChI is InChI=1S/C16H17N5O3/c1-16(7-24-8-16)18-15(22)13-11-5-9-4-10(9)14(11)21(19-13)12-6-20(23)3-2-17-12/h2-3,6,9-10H,4-5,7-8H2,1H3,(H,18,22)/t9-,10-/m0/s1. The quantitative estimate of drug-likeness (QED) is 0.636. The third-order valence-corrected chi connectivity index (χ3v) is 5.12. The molecule has 1 aliphatic heterocycles. The molecule has 3 aliphatic rings. The molecule has 2 aliphatic carbocycles. The molecule has 2 aromatic heterocycles. The highest BCUT2D eigenvalue weighted by Crippen LogP contribution is 2.57. The number of aromatic nitrogens is 4. The average Bonchev–Trinajstić information content (AvgIpc) is 3.02. The van der Waals surface area contributed by atoms with Crippen molar-refractivity contribution in [2.75, 3.05) is 13.2 Å². The minimum absolute atomic E-state index is 0.178. The first-order valence-corrected chi connectivity index (χ1v) is 8.11. The van der Waals surface area contributed by atoms with Gasteiger partial charge in [-0.15, -0.1) is 0 Å². The van der Waals surface area contributed by atoms with Crippen LogP contribution >= 0.6 is 0 Å². The van der Waals surface area contributed by atoms with Gasteiger partial charge in [-0.1, -0.05) is 0 Å². The molecule has 2 fully saturated rings. The van der Waals surface area contributed by atoms with E-state index in [0.29, 0.717) is 41.3 Å². The number of ether oxygens (including phenoxy) is 1. The lowest BCUT2D eigenvalue weighted by Gasteiger charge is -2.38. The average molecular weight is 327 g/mol. The van der Waals surface area contributed by atoms with E-state index in [2.05, 4.69) is 15.4 Å². The lowest BCUT2D eigenvalue weighted by atomic mass is 10.00. The van der Waals surface area contributed by atoms with Crippen molar-refractivity contribution < 1.29 is 14.3 Å². The van der Waals surface area contributed by atoms with E-state index in [0.717, 1.165) is 24.1 Å². The largest absolute Gasteiger partial charge is 0.619 e. The lowest BCUT2D eigenvalue weighted by Crippen LogP contribution is -2.60. The van der Waals surface area contributed by atoms with E-state index >= 15 is 0 Å². The number of hydrogen-bond acceptors (Lipinski definition) is 5. The van der Waals surface area contributed by atoms with Crippen LogP contribution in [0.25, 0.3) is 5.82 Å². The van der Waals surface area contributed by atoms with Crippen molar-refractivity contribution >= 4 is 5.91 Å². The fourth-order valence-corrected chi connectivity index (χ4v) is 3.76. The van der Waals surface area contributed by atoms with E-state index < -0.39 is 0 Å². The summed E-state index contributed by atoms with van der Waals surface area (Å²) < 4.78 is 7.56. The first kappa shape index (κ1) is 13.9. The minimum Gasteiger partial charge on any atom is -0.619 e. The maximum Gasteiger partial charge on any atom is 0.272 e. The first-order chi connectivity index (χ1) is 11.5. The van der Waals surface area contributed by atoms with Gasteiger partial charge in [0.2, 0.25) is 12.0 Å². The van der Waals surface area contributed by atoms with Gasteiger partial charge >= 0.3 is 0 Å². The van der Waals surface area contributed by atoms with Gasteiger partial charge in [-0.2, -0.15) is 9.83 Å². The minimum atomic E-state index is -0.321. The van der Waals surface area contributed by atoms with E-state index in [1.807, 2.05) is 6.92 Å². The monoisotopic (exact) mass is 327 g/mol. The van der Waals surface area contributed by atoms with Gasteiger partial charge in [-0.05, 0) is 25.7 Å². The van der Waals surface area contributed by atoms with Crippen LogP contribution in [0.5, 0.6) is 0 Å². The Morgan fingerprint density at radius 3 is 3.08 bits per heavy atom. The molecule has 0 radical (unpaired) electrons. The molecule has 2 atom stereocenters. The molecule has 5 rings (SSSR count). The number of nitrogens with one attached hydrogen (secondary N) is 1. The van der Waals surface area contributed by atoms with Gasteiger partial charge in [0, 0.05) is 11.5 Å². The van der Waals surface area contributed by atoms with Gasteiger partial charge < -0.3 is 15.3 Å². The van der Waals surface area contributed by atoms with Crippen LogP contribution in [0.2, 0.25) is 0 Å². The van der Waals surface area contributed by atoms with Crippen LogP contribution in [0.3, 0.4) is 0 Å². The summed E-state index contributed by atoms with van der Waals surface area (Å²) in [4.78, 5) is 17.0. The van der Waals surface area contributed by atoms with E-state index in [9.17, 15) is 10.0 Å². The first-order valence-electron chi connectivity index (χ1n) is 8.11. The highest BCUT2D eigenvalue weighted by molar-refractivity contribution is 5.95. The van der Waals surface area contributed by atoms with Crippen LogP contribution in [0.15, 0.2) is 18.6 Å². The van der Waals surface area contributed by atoms with Gasteiger partial charge in [0.15, 0.2) is 11.9 Å². The Kier molecular flexibility index (Phi) is 2.63. The Morgan fingerprint density at radius 1 is 1.54 bits per heavy atom. The summed E-state index contributed by atoms with van der Waals surface area (Å²) >= 11 is 0. The second-order valence-corrected chi connectivity index (χ2v) is 7.21. The Labute approximate surface area is 138 Å². The molecule has 1 N–H and O–H groups in total. The predicted molar refractivity (Wildman–Crippen MR) is 81.6 cm³/mol. The third-order valence-electron chi connectivity index (χ3n) is 5.12. The lowest BCUT2D eigenvalue weighted by molar-refractivity contribution is -0.605. The zero-order valence-electron chi connectivity index (χ0n) is 13.2. The Bertz CT molecular complexity index is 857. The van der Waals surface area contributed by atoms with Crippen LogP contribution in [-0.2, 0) is 11.2 Å². The van der Waals surface area contributed by atoms with Crippen molar-refractivity contribution in [1.29, 1.82) is 0 Å². The summed E-state index contributed by atoms with van der Waals surface area (Å²) in [6, 6.07) is 0. The molecule has 8 nitrogen and oxygen atoms in total. The van der Waals surface area contributed by atoms with Gasteiger partial charge in [0.05, 0.1) is 30.6 Å². The van der Waals surface area contributed by atoms with Crippen LogP contribution in [0, 0.1) is 11.1 Å². The molecule has 124 valence electrons. The molecule has 0 bridgehead atoms. The number of hydrogen-bond donors (Lipinski definition) is 1. The highest BCUT2D eigenvalue weighted by atomic mass is 16.5. The van der Waals surface area contributed by atoms with Crippen LogP contribution < -0.4 is 10.0 Å². The molecule has 0 unspecified atom stereocenters. The summed E-state index contributed by atoms with van der Waals surface area (Å²) in [6.07, 6.45) is 6.15. The molecular formula is C16H17N5O3. The summed E-state index contributed by atoms with van der Waals surface area (Å²) in [7, 11) is 0. The number of amides is 1. The van der Waals surface area contributed by atoms with Crippen LogP contribution in [0.1, 0.15) is 41.0 Å². The second kappa shape index (κ2) is 4.54. The van der Waals surface area contributed by atoms with Crippen molar-refractivity contribution in [3.63, 3.8) is 0 Å². The number of carbonyl (C=O) groups excluding carboxylic acids is 1. The summed E-state index contributed by atoms with van der Waals surface area (Å²) in [5.41, 5.74) is 2.17. The predicted octanol–water partition coefficient (Wildman–Crippen LogP) is 0.0790. The maximum atomic E-state index is 12.7. The second-order valence-electron chi connectivity index (χ2n) is 7.21. The molecule has 0 aromatic carbocycles. The van der Waals surface area contributed by atoms with E-state index in [1.165, 1.54) is 18.6 Å². The molecule has 2 aromatic rings. The van der Waals surface area contributed by atoms with Gasteiger partial charge in [0.1, 0.15) is 0 Å².